The predicted molar refractivity (Wildman–Crippen MR) is 89.4 cm³/mol. The Hall–Kier alpha value is -1.35. The van der Waals surface area contributed by atoms with Gasteiger partial charge in [-0.25, -0.2) is 0 Å². The molecule has 0 aromatic heterocycles. The molecular formula is C19H28N2O. The molecule has 0 N–H and O–H groups in total. The van der Waals surface area contributed by atoms with E-state index in [0.717, 1.165) is 32.5 Å². The van der Waals surface area contributed by atoms with Crippen LogP contribution in [0.15, 0.2) is 30.3 Å². The maximum absolute atomic E-state index is 12.8. The van der Waals surface area contributed by atoms with Crippen LogP contribution < -0.4 is 0 Å². The largest absolute Gasteiger partial charge is 0.334 e. The monoisotopic (exact) mass is 300 g/mol. The zero-order valence-corrected chi connectivity index (χ0v) is 14.1. The van der Waals surface area contributed by atoms with Crippen LogP contribution in [0.4, 0.5) is 0 Å². The number of hydrogen-bond acceptors (Lipinski definition) is 2. The molecule has 22 heavy (non-hydrogen) atoms. The highest BCUT2D eigenvalue weighted by atomic mass is 16.2. The van der Waals surface area contributed by atoms with E-state index < -0.39 is 0 Å². The van der Waals surface area contributed by atoms with Gasteiger partial charge in [0.15, 0.2) is 0 Å². The molecule has 1 aromatic rings. The average molecular weight is 300 g/mol. The number of fused-ring (bicyclic) bond motifs is 2. The van der Waals surface area contributed by atoms with Crippen molar-refractivity contribution in [3.05, 3.63) is 35.9 Å². The minimum atomic E-state index is -0.268. The predicted octanol–water partition coefficient (Wildman–Crippen LogP) is 3.30. The fourth-order valence-corrected chi connectivity index (χ4v) is 3.88. The molecule has 3 heteroatoms. The Morgan fingerprint density at radius 3 is 2.23 bits per heavy atom. The Bertz CT molecular complexity index is 506. The van der Waals surface area contributed by atoms with Crippen LogP contribution >= 0.6 is 0 Å². The van der Waals surface area contributed by atoms with Gasteiger partial charge in [0, 0.05) is 37.1 Å². The summed E-state index contributed by atoms with van der Waals surface area (Å²) in [4.78, 5) is 17.6. The van der Waals surface area contributed by atoms with Crippen LogP contribution in [0.25, 0.3) is 0 Å². The molecule has 0 spiro atoms. The first-order valence-electron chi connectivity index (χ1n) is 8.54. The van der Waals surface area contributed by atoms with Gasteiger partial charge in [0.05, 0.1) is 0 Å². The number of piperazine rings is 1. The Kier molecular flexibility index (Phi) is 4.26. The molecule has 2 atom stereocenters. The summed E-state index contributed by atoms with van der Waals surface area (Å²) in [6.07, 6.45) is 3.58. The molecule has 2 saturated heterocycles. The molecule has 120 valence electrons. The summed E-state index contributed by atoms with van der Waals surface area (Å²) in [5.41, 5.74) is 1.10. The van der Waals surface area contributed by atoms with Gasteiger partial charge in [0.25, 0.3) is 0 Å². The lowest BCUT2D eigenvalue weighted by molar-refractivity contribution is -0.152. The molecule has 0 aliphatic carbocycles. The average Bonchev–Trinajstić information content (AvgIpc) is 2.45. The van der Waals surface area contributed by atoms with Gasteiger partial charge >= 0.3 is 0 Å². The van der Waals surface area contributed by atoms with Crippen LogP contribution in [-0.2, 0) is 11.3 Å². The third-order valence-electron chi connectivity index (χ3n) is 4.92. The van der Waals surface area contributed by atoms with E-state index in [9.17, 15) is 4.79 Å². The van der Waals surface area contributed by atoms with E-state index in [4.69, 9.17) is 0 Å². The fourth-order valence-electron chi connectivity index (χ4n) is 3.88. The molecule has 2 aliphatic heterocycles. The highest BCUT2D eigenvalue weighted by molar-refractivity contribution is 5.82. The van der Waals surface area contributed by atoms with E-state index in [2.05, 4.69) is 40.1 Å². The van der Waals surface area contributed by atoms with E-state index >= 15 is 0 Å². The summed E-state index contributed by atoms with van der Waals surface area (Å²) in [6.45, 7) is 9.18. The number of benzene rings is 1. The standard InChI is InChI=1S/C19H28N2O/c1-19(2,3)18(22)21-16-10-7-11-17(21)14-20(13-16)12-15-8-5-4-6-9-15/h4-6,8-9,16-17H,7,10-14H2,1-3H3. The number of nitrogens with zero attached hydrogens (tertiary/aromatic N) is 2. The lowest BCUT2D eigenvalue weighted by Gasteiger charge is -2.51. The van der Waals surface area contributed by atoms with Gasteiger partial charge in [-0.3, -0.25) is 9.69 Å². The maximum Gasteiger partial charge on any atom is 0.228 e. The molecule has 0 radical (unpaired) electrons. The lowest BCUT2D eigenvalue weighted by Crippen LogP contribution is -2.63. The third-order valence-corrected chi connectivity index (χ3v) is 4.92. The molecule has 2 unspecified atom stereocenters. The first-order chi connectivity index (χ1) is 10.4. The summed E-state index contributed by atoms with van der Waals surface area (Å²) in [5.74, 6) is 0.335. The van der Waals surface area contributed by atoms with Crippen LogP contribution in [0.2, 0.25) is 0 Å². The third kappa shape index (κ3) is 3.19. The van der Waals surface area contributed by atoms with Crippen molar-refractivity contribution in [3.8, 4) is 0 Å². The second-order valence-corrected chi connectivity index (χ2v) is 7.88. The van der Waals surface area contributed by atoms with Crippen LogP contribution in [-0.4, -0.2) is 40.9 Å². The second kappa shape index (κ2) is 6.04. The zero-order chi connectivity index (χ0) is 15.7. The van der Waals surface area contributed by atoms with Crippen LogP contribution in [0.5, 0.6) is 0 Å². The van der Waals surface area contributed by atoms with Gasteiger partial charge in [-0.2, -0.15) is 0 Å². The number of hydrogen-bond donors (Lipinski definition) is 0. The topological polar surface area (TPSA) is 23.6 Å². The minimum Gasteiger partial charge on any atom is -0.334 e. The molecule has 0 saturated carbocycles. The van der Waals surface area contributed by atoms with Crippen molar-refractivity contribution in [1.82, 2.24) is 9.80 Å². The molecule has 2 heterocycles. The van der Waals surface area contributed by atoms with Crippen molar-refractivity contribution >= 4 is 5.91 Å². The van der Waals surface area contributed by atoms with Crippen molar-refractivity contribution in [1.29, 1.82) is 0 Å². The SMILES string of the molecule is CC(C)(C)C(=O)N1C2CCCC1CN(Cc1ccccc1)C2. The quantitative estimate of drug-likeness (QED) is 0.836. The Labute approximate surface area is 134 Å². The van der Waals surface area contributed by atoms with Gasteiger partial charge < -0.3 is 4.90 Å². The summed E-state index contributed by atoms with van der Waals surface area (Å²) in [7, 11) is 0. The molecule has 2 bridgehead atoms. The number of amides is 1. The minimum absolute atomic E-state index is 0.268. The fraction of sp³-hybridized carbons (Fsp3) is 0.632. The van der Waals surface area contributed by atoms with E-state index in [1.807, 2.05) is 20.8 Å². The molecule has 1 amide bonds. The van der Waals surface area contributed by atoms with E-state index in [-0.39, 0.29) is 5.41 Å². The van der Waals surface area contributed by atoms with Gasteiger partial charge in [-0.1, -0.05) is 51.1 Å². The summed E-state index contributed by atoms with van der Waals surface area (Å²) >= 11 is 0. The smallest absolute Gasteiger partial charge is 0.228 e. The van der Waals surface area contributed by atoms with Crippen molar-refractivity contribution < 1.29 is 4.79 Å². The normalized spacial score (nSPS) is 26.0. The maximum atomic E-state index is 12.8. The Balaban J connectivity index is 1.72. The van der Waals surface area contributed by atoms with Gasteiger partial charge in [-0.15, -0.1) is 0 Å². The number of rotatable bonds is 2. The van der Waals surface area contributed by atoms with E-state index in [0.29, 0.717) is 18.0 Å². The first-order valence-corrected chi connectivity index (χ1v) is 8.54. The van der Waals surface area contributed by atoms with Crippen molar-refractivity contribution in [2.45, 2.75) is 58.7 Å². The summed E-state index contributed by atoms with van der Waals surface area (Å²) in [5, 5.41) is 0. The van der Waals surface area contributed by atoms with Gasteiger partial charge in [0.1, 0.15) is 0 Å². The number of carbonyl (C=O) groups is 1. The number of carbonyl (C=O) groups excluding carboxylic acids is 1. The summed E-state index contributed by atoms with van der Waals surface area (Å²) in [6, 6.07) is 11.5. The highest BCUT2D eigenvalue weighted by Gasteiger charge is 2.42. The lowest BCUT2D eigenvalue weighted by atomic mass is 9.86. The van der Waals surface area contributed by atoms with Crippen molar-refractivity contribution in [3.63, 3.8) is 0 Å². The van der Waals surface area contributed by atoms with Gasteiger partial charge in [0.2, 0.25) is 5.91 Å². The molecule has 3 rings (SSSR count). The molecule has 3 nitrogen and oxygen atoms in total. The highest BCUT2D eigenvalue weighted by Crippen LogP contribution is 2.33. The van der Waals surface area contributed by atoms with Crippen LogP contribution in [0.1, 0.15) is 45.6 Å². The number of piperidine rings is 1. The van der Waals surface area contributed by atoms with Gasteiger partial charge in [-0.05, 0) is 24.8 Å². The number of likely N-dealkylation sites (tertiary alicyclic amines) is 1. The van der Waals surface area contributed by atoms with E-state index in [1.54, 1.807) is 0 Å². The van der Waals surface area contributed by atoms with E-state index in [1.165, 1.54) is 12.0 Å². The van der Waals surface area contributed by atoms with Crippen molar-refractivity contribution in [2.24, 2.45) is 5.41 Å². The molecule has 1 aromatic carbocycles. The first kappa shape index (κ1) is 15.5. The van der Waals surface area contributed by atoms with Crippen LogP contribution in [0, 0.1) is 5.41 Å². The molecular weight excluding hydrogens is 272 g/mol. The molecule has 2 fully saturated rings. The Morgan fingerprint density at radius 2 is 1.68 bits per heavy atom. The van der Waals surface area contributed by atoms with Crippen molar-refractivity contribution in [2.75, 3.05) is 13.1 Å². The molecule has 2 aliphatic rings. The summed E-state index contributed by atoms with van der Waals surface area (Å²) < 4.78 is 0. The van der Waals surface area contributed by atoms with Crippen LogP contribution in [0.3, 0.4) is 0 Å². The second-order valence-electron chi connectivity index (χ2n) is 7.88. The Morgan fingerprint density at radius 1 is 1.09 bits per heavy atom. The zero-order valence-electron chi connectivity index (χ0n) is 14.1.